The van der Waals surface area contributed by atoms with Crippen molar-refractivity contribution in [2.45, 2.75) is 26.9 Å². The number of amides is 1. The van der Waals surface area contributed by atoms with Crippen molar-refractivity contribution in [1.29, 1.82) is 0 Å². The lowest BCUT2D eigenvalue weighted by Gasteiger charge is -2.12. The van der Waals surface area contributed by atoms with Gasteiger partial charge in [0.05, 0.1) is 48.7 Å². The molecule has 0 aliphatic carbocycles. The first-order chi connectivity index (χ1) is 12.6. The van der Waals surface area contributed by atoms with Gasteiger partial charge in [0, 0.05) is 24.5 Å². The van der Waals surface area contributed by atoms with Gasteiger partial charge < -0.3 is 4.74 Å². The number of rotatable bonds is 4. The number of carbonyl (C=O) groups excluding carboxylic acids is 1. The van der Waals surface area contributed by atoms with Crippen molar-refractivity contribution in [1.82, 2.24) is 19.7 Å². The van der Waals surface area contributed by atoms with Crippen molar-refractivity contribution < 1.29 is 9.53 Å². The molecule has 0 saturated heterocycles. The van der Waals surface area contributed by atoms with Crippen LogP contribution in [0.15, 0.2) is 36.9 Å². The van der Waals surface area contributed by atoms with Gasteiger partial charge in [-0.3, -0.25) is 24.3 Å². The van der Waals surface area contributed by atoms with Gasteiger partial charge in [-0.1, -0.05) is 0 Å². The Balaban J connectivity index is 1.73. The number of pyridine rings is 2. The maximum Gasteiger partial charge on any atom is 0.260 e. The average Bonchev–Trinajstić information content (AvgIpc) is 3.26. The van der Waals surface area contributed by atoms with E-state index in [9.17, 15) is 4.79 Å². The van der Waals surface area contributed by atoms with E-state index in [0.29, 0.717) is 17.9 Å². The Morgan fingerprint density at radius 2 is 2.08 bits per heavy atom. The van der Waals surface area contributed by atoms with Gasteiger partial charge >= 0.3 is 0 Å². The van der Waals surface area contributed by atoms with E-state index in [4.69, 9.17) is 9.72 Å². The van der Waals surface area contributed by atoms with E-state index in [0.717, 1.165) is 34.7 Å². The number of nitrogens with zero attached hydrogens (tertiary/aromatic N) is 5. The Labute approximate surface area is 151 Å². The van der Waals surface area contributed by atoms with Crippen molar-refractivity contribution in [3.8, 4) is 17.0 Å². The van der Waals surface area contributed by atoms with Gasteiger partial charge in [-0.2, -0.15) is 5.10 Å². The van der Waals surface area contributed by atoms with Crippen LogP contribution in [0.1, 0.15) is 28.5 Å². The van der Waals surface area contributed by atoms with Crippen molar-refractivity contribution in [3.05, 3.63) is 53.7 Å². The number of carbonyl (C=O) groups is 1. The number of anilines is 1. The average molecular weight is 349 g/mol. The molecule has 7 nitrogen and oxygen atoms in total. The summed E-state index contributed by atoms with van der Waals surface area (Å²) in [6.45, 7) is 5.15. The highest BCUT2D eigenvalue weighted by atomic mass is 16.5. The van der Waals surface area contributed by atoms with E-state index in [1.807, 2.05) is 32.2 Å². The van der Waals surface area contributed by atoms with Crippen molar-refractivity contribution in [2.75, 3.05) is 12.0 Å². The van der Waals surface area contributed by atoms with Crippen LogP contribution in [-0.4, -0.2) is 32.8 Å². The molecule has 0 spiro atoms. The van der Waals surface area contributed by atoms with Crippen molar-refractivity contribution in [2.24, 2.45) is 0 Å². The molecule has 7 heteroatoms. The minimum atomic E-state index is -0.0315. The van der Waals surface area contributed by atoms with Crippen LogP contribution in [-0.2, 0) is 13.1 Å². The van der Waals surface area contributed by atoms with Crippen LogP contribution in [0.3, 0.4) is 0 Å². The Morgan fingerprint density at radius 1 is 1.23 bits per heavy atom. The lowest BCUT2D eigenvalue weighted by Crippen LogP contribution is -2.22. The van der Waals surface area contributed by atoms with Gasteiger partial charge in [0.2, 0.25) is 0 Å². The molecule has 0 radical (unpaired) electrons. The van der Waals surface area contributed by atoms with Crippen LogP contribution >= 0.6 is 0 Å². The maximum atomic E-state index is 12.9. The van der Waals surface area contributed by atoms with Gasteiger partial charge in [0.1, 0.15) is 5.75 Å². The standard InChI is InChI=1S/C19H19N5O2/c1-4-23-10-14(8-21-23)24-11-17-18(19(24)25)12(2)5-16(22-17)13-6-15(26-3)9-20-7-13/h5-10H,4,11H2,1-3H3. The lowest BCUT2D eigenvalue weighted by atomic mass is 10.1. The van der Waals surface area contributed by atoms with Gasteiger partial charge in [0.25, 0.3) is 5.91 Å². The lowest BCUT2D eigenvalue weighted by molar-refractivity contribution is 0.0996. The van der Waals surface area contributed by atoms with Crippen LogP contribution in [0.4, 0.5) is 5.69 Å². The first kappa shape index (κ1) is 16.3. The first-order valence-electron chi connectivity index (χ1n) is 8.45. The van der Waals surface area contributed by atoms with Gasteiger partial charge in [-0.25, -0.2) is 0 Å². The number of fused-ring (bicyclic) bond motifs is 1. The van der Waals surface area contributed by atoms with E-state index in [1.165, 1.54) is 0 Å². The summed E-state index contributed by atoms with van der Waals surface area (Å²) in [7, 11) is 1.61. The van der Waals surface area contributed by atoms with Crippen LogP contribution < -0.4 is 9.64 Å². The van der Waals surface area contributed by atoms with Crippen LogP contribution in [0.5, 0.6) is 5.75 Å². The molecule has 132 valence electrons. The van der Waals surface area contributed by atoms with Gasteiger partial charge in [-0.05, 0) is 31.5 Å². The molecule has 1 amide bonds. The molecule has 0 bridgehead atoms. The minimum absolute atomic E-state index is 0.0315. The molecule has 0 atom stereocenters. The quantitative estimate of drug-likeness (QED) is 0.724. The zero-order valence-corrected chi connectivity index (χ0v) is 14.9. The van der Waals surface area contributed by atoms with E-state index in [2.05, 4.69) is 10.1 Å². The number of methoxy groups -OCH3 is 1. The third-order valence-electron chi connectivity index (χ3n) is 4.56. The van der Waals surface area contributed by atoms with E-state index in [-0.39, 0.29) is 5.91 Å². The number of hydrogen-bond donors (Lipinski definition) is 0. The van der Waals surface area contributed by atoms with Crippen LogP contribution in [0.25, 0.3) is 11.3 Å². The molecule has 3 aromatic heterocycles. The second kappa shape index (κ2) is 6.25. The topological polar surface area (TPSA) is 73.1 Å². The molecule has 3 aromatic rings. The number of aryl methyl sites for hydroxylation is 2. The summed E-state index contributed by atoms with van der Waals surface area (Å²) in [5.41, 5.74) is 4.79. The number of hydrogen-bond acceptors (Lipinski definition) is 5. The zero-order chi connectivity index (χ0) is 18.3. The molecule has 1 aliphatic heterocycles. The SMILES string of the molecule is CCn1cc(N2Cc3nc(-c4cncc(OC)c4)cc(C)c3C2=O)cn1. The molecule has 0 N–H and O–H groups in total. The summed E-state index contributed by atoms with van der Waals surface area (Å²) < 4.78 is 7.05. The van der Waals surface area contributed by atoms with Crippen molar-refractivity contribution in [3.63, 3.8) is 0 Å². The highest BCUT2D eigenvalue weighted by Gasteiger charge is 2.32. The molecule has 1 aliphatic rings. The van der Waals surface area contributed by atoms with E-state index in [1.54, 1.807) is 35.3 Å². The summed E-state index contributed by atoms with van der Waals surface area (Å²) in [6, 6.07) is 3.81. The fourth-order valence-electron chi connectivity index (χ4n) is 3.19. The maximum absolute atomic E-state index is 12.9. The zero-order valence-electron chi connectivity index (χ0n) is 14.9. The summed E-state index contributed by atoms with van der Waals surface area (Å²) >= 11 is 0. The fourth-order valence-corrected chi connectivity index (χ4v) is 3.19. The molecule has 0 fully saturated rings. The predicted molar refractivity (Wildman–Crippen MR) is 97.2 cm³/mol. The molecule has 4 heterocycles. The number of ether oxygens (including phenoxy) is 1. The highest BCUT2D eigenvalue weighted by molar-refractivity contribution is 6.10. The Hall–Kier alpha value is -3.22. The Kier molecular flexibility index (Phi) is 3.91. The van der Waals surface area contributed by atoms with Crippen LogP contribution in [0.2, 0.25) is 0 Å². The second-order valence-electron chi connectivity index (χ2n) is 6.21. The van der Waals surface area contributed by atoms with Crippen LogP contribution in [0, 0.1) is 6.92 Å². The molecule has 4 rings (SSSR count). The third-order valence-corrected chi connectivity index (χ3v) is 4.56. The molecular formula is C19H19N5O2. The molecule has 0 unspecified atom stereocenters. The fraction of sp³-hybridized carbons (Fsp3) is 0.263. The first-order valence-corrected chi connectivity index (χ1v) is 8.45. The summed E-state index contributed by atoms with van der Waals surface area (Å²) in [4.78, 5) is 23.5. The summed E-state index contributed by atoms with van der Waals surface area (Å²) in [6.07, 6.45) is 7.00. The predicted octanol–water partition coefficient (Wildman–Crippen LogP) is 2.84. The Bertz CT molecular complexity index is 995. The minimum Gasteiger partial charge on any atom is -0.495 e. The highest BCUT2D eigenvalue weighted by Crippen LogP contribution is 2.32. The van der Waals surface area contributed by atoms with Crippen molar-refractivity contribution >= 4 is 11.6 Å². The summed E-state index contributed by atoms with van der Waals surface area (Å²) in [5.74, 6) is 0.642. The molecule has 0 aromatic carbocycles. The van der Waals surface area contributed by atoms with Gasteiger partial charge in [-0.15, -0.1) is 0 Å². The normalized spacial score (nSPS) is 13.2. The van der Waals surface area contributed by atoms with E-state index >= 15 is 0 Å². The number of aromatic nitrogens is 4. The largest absolute Gasteiger partial charge is 0.495 e. The summed E-state index contributed by atoms with van der Waals surface area (Å²) in [5, 5.41) is 4.26. The van der Waals surface area contributed by atoms with E-state index < -0.39 is 0 Å². The monoisotopic (exact) mass is 349 g/mol. The molecule has 26 heavy (non-hydrogen) atoms. The molecular weight excluding hydrogens is 330 g/mol. The molecule has 0 saturated carbocycles. The van der Waals surface area contributed by atoms with Gasteiger partial charge in [0.15, 0.2) is 0 Å². The smallest absolute Gasteiger partial charge is 0.260 e. The second-order valence-corrected chi connectivity index (χ2v) is 6.21. The Morgan fingerprint density at radius 3 is 2.81 bits per heavy atom. The third kappa shape index (κ3) is 2.61.